The molecule has 0 rings (SSSR count). The lowest BCUT2D eigenvalue weighted by molar-refractivity contribution is -0.141. The molecule has 28 heavy (non-hydrogen) atoms. The highest BCUT2D eigenvalue weighted by Gasteiger charge is 2.19. The van der Waals surface area contributed by atoms with Crippen molar-refractivity contribution in [2.45, 2.75) is 91.5 Å². The van der Waals surface area contributed by atoms with E-state index in [1.165, 1.54) is 7.11 Å². The number of aliphatic hydroxyl groups is 1. The van der Waals surface area contributed by atoms with Crippen molar-refractivity contribution in [1.82, 2.24) is 10.6 Å². The topological polar surface area (TPSA) is 123 Å². The van der Waals surface area contributed by atoms with Crippen LogP contribution in [0, 0.1) is 0 Å². The fraction of sp³-hybridized carbons (Fsp3) is 0.842. The van der Waals surface area contributed by atoms with E-state index in [0.717, 1.165) is 0 Å². The maximum Gasteiger partial charge on any atom is 0.407 e. The number of nitrogens with one attached hydrogen (secondary N) is 2. The summed E-state index contributed by atoms with van der Waals surface area (Å²) in [5.41, 5.74) is -1.00. The summed E-state index contributed by atoms with van der Waals surface area (Å²) in [5.74, 6) is -0.362. The third-order valence-electron chi connectivity index (χ3n) is 2.79. The number of carbonyl (C=O) groups is 3. The smallest absolute Gasteiger partial charge is 0.407 e. The second kappa shape index (κ2) is 13.2. The van der Waals surface area contributed by atoms with E-state index in [0.29, 0.717) is 6.42 Å². The average molecular weight is 407 g/mol. The van der Waals surface area contributed by atoms with Crippen LogP contribution in [0.2, 0.25) is 0 Å². The van der Waals surface area contributed by atoms with E-state index in [-0.39, 0.29) is 31.1 Å². The van der Waals surface area contributed by atoms with Crippen LogP contribution in [0.25, 0.3) is 0 Å². The molecule has 0 aliphatic heterocycles. The van der Waals surface area contributed by atoms with E-state index in [2.05, 4.69) is 15.4 Å². The molecule has 0 bridgehead atoms. The number of carbonyl (C=O) groups excluding carboxylic acids is 3. The lowest BCUT2D eigenvalue weighted by Crippen LogP contribution is -2.38. The molecule has 0 aromatic carbocycles. The summed E-state index contributed by atoms with van der Waals surface area (Å²) in [4.78, 5) is 33.3. The van der Waals surface area contributed by atoms with Gasteiger partial charge in [0.1, 0.15) is 11.2 Å². The summed E-state index contributed by atoms with van der Waals surface area (Å²) < 4.78 is 14.5. The number of alkyl carbamates (subject to hydrolysis) is 2. The minimum absolute atomic E-state index is 0.0557. The van der Waals surface area contributed by atoms with Crippen LogP contribution in [-0.4, -0.2) is 60.3 Å². The van der Waals surface area contributed by atoms with Gasteiger partial charge in [0, 0.05) is 18.7 Å². The quantitative estimate of drug-likeness (QED) is 0.458. The van der Waals surface area contributed by atoms with Crippen molar-refractivity contribution in [3.8, 4) is 0 Å². The molecule has 0 aromatic heterocycles. The number of hydrogen-bond acceptors (Lipinski definition) is 7. The molecule has 9 nitrogen and oxygen atoms in total. The molecule has 2 unspecified atom stereocenters. The molecular weight excluding hydrogens is 368 g/mol. The van der Waals surface area contributed by atoms with Crippen molar-refractivity contribution >= 4 is 18.2 Å². The molecule has 0 heterocycles. The predicted octanol–water partition coefficient (Wildman–Crippen LogP) is 2.74. The standard InChI is InChI=1S/C10H19NO4.C9H19NO3/c1-7(6-8(12)14-5)11-9(13)15-10(2,3)4;1-7(5-6-11)10-8(12)13-9(2,3)4/h7H,6H2,1-5H3,(H,11,13);7,11H,5-6H2,1-4H3,(H,10,12). The van der Waals surface area contributed by atoms with E-state index in [9.17, 15) is 14.4 Å². The molecule has 2 atom stereocenters. The number of methoxy groups -OCH3 is 1. The van der Waals surface area contributed by atoms with Crippen LogP contribution in [-0.2, 0) is 19.0 Å². The summed E-state index contributed by atoms with van der Waals surface area (Å²) in [6.45, 7) is 14.3. The largest absolute Gasteiger partial charge is 0.469 e. The Morgan fingerprint density at radius 1 is 0.857 bits per heavy atom. The first-order valence-corrected chi connectivity index (χ1v) is 9.26. The number of aliphatic hydroxyl groups excluding tert-OH is 1. The fourth-order valence-electron chi connectivity index (χ4n) is 1.67. The maximum absolute atomic E-state index is 11.3. The van der Waals surface area contributed by atoms with Gasteiger partial charge in [-0.1, -0.05) is 0 Å². The monoisotopic (exact) mass is 406 g/mol. The van der Waals surface area contributed by atoms with E-state index < -0.39 is 23.4 Å². The van der Waals surface area contributed by atoms with E-state index in [1.807, 2.05) is 27.7 Å². The van der Waals surface area contributed by atoms with Gasteiger partial charge in [-0.25, -0.2) is 9.59 Å². The molecule has 2 amide bonds. The highest BCUT2D eigenvalue weighted by atomic mass is 16.6. The van der Waals surface area contributed by atoms with Gasteiger partial charge >= 0.3 is 18.2 Å². The van der Waals surface area contributed by atoms with Crippen LogP contribution < -0.4 is 10.6 Å². The van der Waals surface area contributed by atoms with Crippen LogP contribution in [0.1, 0.15) is 68.2 Å². The van der Waals surface area contributed by atoms with E-state index in [1.54, 1.807) is 27.7 Å². The second-order valence-electron chi connectivity index (χ2n) is 8.39. The Kier molecular flexibility index (Phi) is 13.3. The Labute approximate surface area is 168 Å². The molecule has 9 heteroatoms. The normalized spacial score (nSPS) is 13.2. The Balaban J connectivity index is 0. The van der Waals surface area contributed by atoms with Crippen molar-refractivity contribution in [2.24, 2.45) is 0 Å². The van der Waals surface area contributed by atoms with Gasteiger partial charge in [-0.2, -0.15) is 0 Å². The number of rotatable bonds is 6. The molecule has 3 N–H and O–H groups in total. The SMILES string of the molecule is CC(CCO)NC(=O)OC(C)(C)C.COC(=O)CC(C)NC(=O)OC(C)(C)C. The molecule has 0 aliphatic carbocycles. The molecule has 0 fully saturated rings. The van der Waals surface area contributed by atoms with Gasteiger partial charge in [0.2, 0.25) is 0 Å². The number of ether oxygens (including phenoxy) is 3. The maximum atomic E-state index is 11.3. The van der Waals surface area contributed by atoms with Gasteiger partial charge < -0.3 is 30.0 Å². The first-order chi connectivity index (χ1) is 12.6. The zero-order valence-electron chi connectivity index (χ0n) is 18.7. The highest BCUT2D eigenvalue weighted by molar-refractivity contribution is 5.72. The Morgan fingerprint density at radius 3 is 1.57 bits per heavy atom. The van der Waals surface area contributed by atoms with E-state index in [4.69, 9.17) is 14.6 Å². The highest BCUT2D eigenvalue weighted by Crippen LogP contribution is 2.07. The molecule has 0 saturated carbocycles. The zero-order valence-corrected chi connectivity index (χ0v) is 18.7. The van der Waals surface area contributed by atoms with Crippen LogP contribution in [0.3, 0.4) is 0 Å². The van der Waals surface area contributed by atoms with Gasteiger partial charge in [0.05, 0.1) is 13.5 Å². The minimum atomic E-state index is -0.533. The van der Waals surface area contributed by atoms with Crippen LogP contribution in [0.4, 0.5) is 9.59 Å². The van der Waals surface area contributed by atoms with Crippen LogP contribution >= 0.6 is 0 Å². The first-order valence-electron chi connectivity index (χ1n) is 9.26. The van der Waals surface area contributed by atoms with Crippen molar-refractivity contribution in [2.75, 3.05) is 13.7 Å². The lowest BCUT2D eigenvalue weighted by Gasteiger charge is -2.21. The average Bonchev–Trinajstić information content (AvgIpc) is 2.43. The van der Waals surface area contributed by atoms with Crippen molar-refractivity contribution in [3.05, 3.63) is 0 Å². The number of hydrogen-bond donors (Lipinski definition) is 3. The van der Waals surface area contributed by atoms with Gasteiger partial charge in [-0.05, 0) is 61.8 Å². The molecule has 0 aliphatic rings. The van der Waals surface area contributed by atoms with E-state index >= 15 is 0 Å². The lowest BCUT2D eigenvalue weighted by atomic mass is 10.2. The van der Waals surface area contributed by atoms with Gasteiger partial charge in [0.15, 0.2) is 0 Å². The molecule has 0 radical (unpaired) electrons. The van der Waals surface area contributed by atoms with Crippen molar-refractivity contribution in [1.29, 1.82) is 0 Å². The second-order valence-corrected chi connectivity index (χ2v) is 8.39. The Hall–Kier alpha value is -2.03. The van der Waals surface area contributed by atoms with Gasteiger partial charge in [-0.15, -0.1) is 0 Å². The molecule has 0 spiro atoms. The molecule has 0 saturated heterocycles. The predicted molar refractivity (Wildman–Crippen MR) is 106 cm³/mol. The van der Waals surface area contributed by atoms with Crippen molar-refractivity contribution in [3.63, 3.8) is 0 Å². The summed E-state index contributed by atoms with van der Waals surface area (Å²) in [5, 5.41) is 13.7. The van der Waals surface area contributed by atoms with Crippen LogP contribution in [0.15, 0.2) is 0 Å². The summed E-state index contributed by atoms with van der Waals surface area (Å²) in [6.07, 6.45) is -0.290. The Bertz CT molecular complexity index is 482. The molecule has 0 aromatic rings. The summed E-state index contributed by atoms with van der Waals surface area (Å²) >= 11 is 0. The summed E-state index contributed by atoms with van der Waals surface area (Å²) in [7, 11) is 1.31. The zero-order chi connectivity index (χ0) is 22.5. The van der Waals surface area contributed by atoms with Gasteiger partial charge in [-0.3, -0.25) is 4.79 Å². The number of esters is 1. The number of amides is 2. The summed E-state index contributed by atoms with van der Waals surface area (Å²) in [6, 6.07) is -0.354. The first kappa shape index (κ1) is 28.2. The molecular formula is C19H38N2O7. The molecule has 166 valence electrons. The third-order valence-corrected chi connectivity index (χ3v) is 2.79. The fourth-order valence-corrected chi connectivity index (χ4v) is 1.67. The van der Waals surface area contributed by atoms with Crippen molar-refractivity contribution < 1.29 is 33.7 Å². The van der Waals surface area contributed by atoms with Gasteiger partial charge in [0.25, 0.3) is 0 Å². The Morgan fingerprint density at radius 2 is 1.25 bits per heavy atom. The third kappa shape index (κ3) is 20.3. The minimum Gasteiger partial charge on any atom is -0.469 e. The van der Waals surface area contributed by atoms with Crippen LogP contribution in [0.5, 0.6) is 0 Å².